The Morgan fingerprint density at radius 1 is 1.52 bits per heavy atom. The van der Waals surface area contributed by atoms with Gasteiger partial charge in [-0.1, -0.05) is 11.8 Å². The molecule has 124 valence electrons. The van der Waals surface area contributed by atoms with E-state index in [1.165, 1.54) is 6.20 Å². The number of guanidine groups is 1. The van der Waals surface area contributed by atoms with Crippen LogP contribution in [0.2, 0.25) is 0 Å². The number of aliphatic hydroxyl groups excluding tert-OH is 2. The van der Waals surface area contributed by atoms with Crippen molar-refractivity contribution in [2.45, 2.75) is 24.9 Å². The van der Waals surface area contributed by atoms with Crippen LogP contribution in [0.25, 0.3) is 0 Å². The summed E-state index contributed by atoms with van der Waals surface area (Å²) in [6.07, 6.45) is -1.14. The van der Waals surface area contributed by atoms with Crippen molar-refractivity contribution >= 4 is 5.96 Å². The molecule has 10 heteroatoms. The van der Waals surface area contributed by atoms with Gasteiger partial charge in [0.25, 0.3) is 5.56 Å². The molecule has 0 bridgehead atoms. The monoisotopic (exact) mass is 323 g/mol. The van der Waals surface area contributed by atoms with E-state index in [1.54, 1.807) is 0 Å². The molecule has 2 heterocycles. The second-order valence-electron chi connectivity index (χ2n) is 4.87. The third-order valence-electron chi connectivity index (χ3n) is 3.23. The zero-order chi connectivity index (χ0) is 17.0. The highest BCUT2D eigenvalue weighted by atomic mass is 16.5. The number of aromatic amines is 1. The van der Waals surface area contributed by atoms with Crippen LogP contribution in [-0.2, 0) is 4.74 Å². The second-order valence-corrected chi connectivity index (χ2v) is 4.87. The molecule has 0 saturated carbocycles. The molecule has 0 amide bonds. The predicted molar refractivity (Wildman–Crippen MR) is 80.5 cm³/mol. The predicted octanol–water partition coefficient (Wildman–Crippen LogP) is -3.20. The lowest BCUT2D eigenvalue weighted by Crippen LogP contribution is -2.33. The van der Waals surface area contributed by atoms with E-state index < -0.39 is 29.7 Å². The van der Waals surface area contributed by atoms with Gasteiger partial charge in [0.15, 0.2) is 5.96 Å². The first-order valence-electron chi connectivity index (χ1n) is 6.76. The number of rotatable bonds is 3. The number of nitrogens with one attached hydrogen (secondary N) is 1. The third-order valence-corrected chi connectivity index (χ3v) is 3.23. The van der Waals surface area contributed by atoms with Crippen LogP contribution in [0, 0.1) is 11.8 Å². The minimum absolute atomic E-state index is 0.00608. The summed E-state index contributed by atoms with van der Waals surface area (Å²) in [5, 5.41) is 18.8. The Kier molecular flexibility index (Phi) is 5.17. The van der Waals surface area contributed by atoms with Crippen LogP contribution in [0.5, 0.6) is 0 Å². The number of nitrogens with zero attached hydrogens (tertiary/aromatic N) is 2. The summed E-state index contributed by atoms with van der Waals surface area (Å²) in [6.45, 7) is -0.368. The summed E-state index contributed by atoms with van der Waals surface area (Å²) in [6, 6.07) is 0. The van der Waals surface area contributed by atoms with Crippen LogP contribution in [-0.4, -0.2) is 51.1 Å². The van der Waals surface area contributed by atoms with Crippen LogP contribution in [0.15, 0.2) is 20.8 Å². The maximum atomic E-state index is 11.9. The Bertz CT molecular complexity index is 767. The Hall–Kier alpha value is -2.61. The molecule has 0 radical (unpaired) electrons. The molecule has 1 fully saturated rings. The van der Waals surface area contributed by atoms with Crippen molar-refractivity contribution < 1.29 is 14.9 Å². The normalized spacial score (nSPS) is 23.1. The number of hydrogen-bond acceptors (Lipinski definition) is 6. The quantitative estimate of drug-likeness (QED) is 0.221. The van der Waals surface area contributed by atoms with Crippen LogP contribution < -0.4 is 22.7 Å². The average Bonchev–Trinajstić information content (AvgIpc) is 2.86. The van der Waals surface area contributed by atoms with Crippen LogP contribution in [0.3, 0.4) is 0 Å². The molecule has 1 aliphatic rings. The molecule has 0 aromatic carbocycles. The molecule has 0 unspecified atom stereocenters. The van der Waals surface area contributed by atoms with E-state index in [2.05, 4.69) is 21.8 Å². The zero-order valence-corrected chi connectivity index (χ0v) is 12.1. The van der Waals surface area contributed by atoms with Gasteiger partial charge in [-0.3, -0.25) is 14.3 Å². The van der Waals surface area contributed by atoms with E-state index in [0.717, 1.165) is 4.57 Å². The number of hydrogen-bond donors (Lipinski definition) is 5. The molecule has 1 aromatic heterocycles. The second kappa shape index (κ2) is 7.10. The van der Waals surface area contributed by atoms with Crippen molar-refractivity contribution in [3.63, 3.8) is 0 Å². The molecular weight excluding hydrogens is 306 g/mol. The molecule has 0 aliphatic carbocycles. The van der Waals surface area contributed by atoms with Crippen LogP contribution in [0.1, 0.15) is 18.2 Å². The van der Waals surface area contributed by atoms with E-state index in [9.17, 15) is 14.7 Å². The van der Waals surface area contributed by atoms with Crippen molar-refractivity contribution in [2.24, 2.45) is 16.5 Å². The highest BCUT2D eigenvalue weighted by molar-refractivity contribution is 5.75. The third kappa shape index (κ3) is 3.98. The van der Waals surface area contributed by atoms with Gasteiger partial charge < -0.3 is 26.4 Å². The van der Waals surface area contributed by atoms with E-state index in [4.69, 9.17) is 21.3 Å². The van der Waals surface area contributed by atoms with Gasteiger partial charge in [0.05, 0.1) is 12.7 Å². The molecule has 1 aliphatic heterocycles. The average molecular weight is 323 g/mol. The Labute approximate surface area is 130 Å². The van der Waals surface area contributed by atoms with Crippen molar-refractivity contribution in [2.75, 3.05) is 13.2 Å². The standard InChI is InChI=1S/C13H17N5O5/c14-12(15)16-3-1-2-7-5-18(13(22)17-11(7)21)10-4-8(20)9(6-19)23-10/h5,8-10,19-20H,3-4,6H2,(H4,14,15,16)(H,17,21,22)/t8-,9+,10+/m0/s1. The summed E-state index contributed by atoms with van der Waals surface area (Å²) < 4.78 is 6.50. The van der Waals surface area contributed by atoms with E-state index in [0.29, 0.717) is 0 Å². The molecule has 0 spiro atoms. The Balaban J connectivity index is 2.29. The van der Waals surface area contributed by atoms with E-state index in [1.807, 2.05) is 0 Å². The molecule has 1 aromatic rings. The lowest BCUT2D eigenvalue weighted by molar-refractivity contribution is -0.0459. The van der Waals surface area contributed by atoms with Crippen molar-refractivity contribution in [1.29, 1.82) is 0 Å². The summed E-state index contributed by atoms with van der Waals surface area (Å²) in [5.41, 5.74) is 8.99. The smallest absolute Gasteiger partial charge is 0.330 e. The number of aliphatic imine (C=N–C) groups is 1. The summed E-state index contributed by atoms with van der Waals surface area (Å²) >= 11 is 0. The number of ether oxygens (including phenoxy) is 1. The van der Waals surface area contributed by atoms with Gasteiger partial charge >= 0.3 is 5.69 Å². The Morgan fingerprint density at radius 3 is 2.87 bits per heavy atom. The highest BCUT2D eigenvalue weighted by Crippen LogP contribution is 2.27. The molecule has 7 N–H and O–H groups in total. The number of aromatic nitrogens is 2. The number of aliphatic hydroxyl groups is 2. The Morgan fingerprint density at radius 2 is 2.26 bits per heavy atom. The first kappa shape index (κ1) is 16.8. The molecule has 2 rings (SSSR count). The van der Waals surface area contributed by atoms with Gasteiger partial charge in [0, 0.05) is 12.6 Å². The van der Waals surface area contributed by atoms with Gasteiger partial charge in [0.2, 0.25) is 0 Å². The number of H-pyrrole nitrogens is 1. The topological polar surface area (TPSA) is 169 Å². The van der Waals surface area contributed by atoms with Crippen molar-refractivity contribution in [3.8, 4) is 11.8 Å². The van der Waals surface area contributed by atoms with Gasteiger partial charge in [-0.05, 0) is 0 Å². The molecular formula is C13H17N5O5. The van der Waals surface area contributed by atoms with Crippen LogP contribution >= 0.6 is 0 Å². The summed E-state index contributed by atoms with van der Waals surface area (Å²) in [5.74, 6) is 5.01. The molecule has 3 atom stereocenters. The highest BCUT2D eigenvalue weighted by Gasteiger charge is 2.35. The fourth-order valence-electron chi connectivity index (χ4n) is 2.10. The largest absolute Gasteiger partial charge is 0.394 e. The van der Waals surface area contributed by atoms with E-state index >= 15 is 0 Å². The van der Waals surface area contributed by atoms with Crippen LogP contribution in [0.4, 0.5) is 0 Å². The lowest BCUT2D eigenvalue weighted by Gasteiger charge is -2.14. The maximum Gasteiger partial charge on any atom is 0.330 e. The van der Waals surface area contributed by atoms with E-state index in [-0.39, 0.29) is 31.1 Å². The van der Waals surface area contributed by atoms with Gasteiger partial charge in [-0.15, -0.1) is 0 Å². The molecule has 23 heavy (non-hydrogen) atoms. The minimum atomic E-state index is -0.903. The molecule has 1 saturated heterocycles. The molecule has 10 nitrogen and oxygen atoms in total. The summed E-state index contributed by atoms with van der Waals surface area (Å²) in [4.78, 5) is 29.4. The first-order valence-corrected chi connectivity index (χ1v) is 6.76. The number of nitrogens with two attached hydrogens (primary N) is 2. The first-order chi connectivity index (χ1) is 10.9. The minimum Gasteiger partial charge on any atom is -0.394 e. The zero-order valence-electron chi connectivity index (χ0n) is 12.1. The summed E-state index contributed by atoms with van der Waals surface area (Å²) in [7, 11) is 0. The lowest BCUT2D eigenvalue weighted by atomic mass is 10.2. The van der Waals surface area contributed by atoms with Gasteiger partial charge in [-0.25, -0.2) is 9.79 Å². The van der Waals surface area contributed by atoms with Crippen molar-refractivity contribution in [1.82, 2.24) is 9.55 Å². The van der Waals surface area contributed by atoms with Gasteiger partial charge in [0.1, 0.15) is 24.4 Å². The SMILES string of the molecule is NC(N)=NCC#Cc1cn([C@H]2C[C@H](O)[C@@H](CO)O2)c(=O)[nH]c1=O. The van der Waals surface area contributed by atoms with Gasteiger partial charge in [-0.2, -0.15) is 0 Å². The maximum absolute atomic E-state index is 11.9. The fraction of sp³-hybridized carbons (Fsp3) is 0.462. The van der Waals surface area contributed by atoms with Crippen molar-refractivity contribution in [3.05, 3.63) is 32.6 Å². The fourth-order valence-corrected chi connectivity index (χ4v) is 2.10.